The number of aromatic nitrogens is 1. The van der Waals surface area contributed by atoms with Gasteiger partial charge in [-0.2, -0.15) is 0 Å². The summed E-state index contributed by atoms with van der Waals surface area (Å²) in [4.78, 5) is 26.5. The monoisotopic (exact) mass is 235 g/mol. The molecule has 17 heavy (non-hydrogen) atoms. The number of esters is 1. The van der Waals surface area contributed by atoms with Gasteiger partial charge in [-0.05, 0) is 31.4 Å². The van der Waals surface area contributed by atoms with Crippen LogP contribution in [0.25, 0.3) is 0 Å². The predicted octanol–water partition coefficient (Wildman–Crippen LogP) is 0.834. The second-order valence-electron chi connectivity index (χ2n) is 4.31. The van der Waals surface area contributed by atoms with Gasteiger partial charge in [-0.3, -0.25) is 4.79 Å². The maximum Gasteiger partial charge on any atom is 0.356 e. The van der Waals surface area contributed by atoms with Crippen molar-refractivity contribution in [2.24, 2.45) is 0 Å². The van der Waals surface area contributed by atoms with E-state index in [9.17, 15) is 14.7 Å². The highest BCUT2D eigenvalue weighted by Crippen LogP contribution is 2.36. The summed E-state index contributed by atoms with van der Waals surface area (Å²) in [5.74, 6) is -0.612. The van der Waals surface area contributed by atoms with Crippen molar-refractivity contribution < 1.29 is 19.4 Å². The molecule has 1 N–H and O–H groups in total. The second kappa shape index (κ2) is 3.92. The van der Waals surface area contributed by atoms with Crippen LogP contribution in [0, 0.1) is 0 Å². The molecule has 5 nitrogen and oxygen atoms in total. The number of rotatable bonds is 2. The third kappa shape index (κ3) is 1.82. The molecule has 0 bridgehead atoms. The molecule has 5 heteroatoms. The molecule has 1 atom stereocenters. The number of fused-ring (bicyclic) bond motifs is 1. The van der Waals surface area contributed by atoms with Crippen LogP contribution in [0.3, 0.4) is 0 Å². The van der Waals surface area contributed by atoms with Crippen LogP contribution in [0.5, 0.6) is 0 Å². The lowest BCUT2D eigenvalue weighted by molar-refractivity contribution is 0.0533. The largest absolute Gasteiger partial charge is 0.464 e. The van der Waals surface area contributed by atoms with Crippen molar-refractivity contribution in [1.29, 1.82) is 0 Å². The first-order chi connectivity index (χ1) is 7.99. The van der Waals surface area contributed by atoms with E-state index < -0.39 is 11.6 Å². The summed E-state index contributed by atoms with van der Waals surface area (Å²) in [6.07, 6.45) is 1.76. The molecule has 1 heterocycles. The third-order valence-electron chi connectivity index (χ3n) is 3.05. The average Bonchev–Trinajstić information content (AvgIpc) is 2.63. The molecule has 2 rings (SSSR count). The van der Waals surface area contributed by atoms with Crippen LogP contribution in [0.1, 0.15) is 45.4 Å². The highest BCUT2D eigenvalue weighted by atomic mass is 16.5. The van der Waals surface area contributed by atoms with E-state index >= 15 is 0 Å². The fourth-order valence-electron chi connectivity index (χ4n) is 2.10. The number of aldehydes is 1. The van der Waals surface area contributed by atoms with E-state index in [-0.39, 0.29) is 5.69 Å². The molecule has 1 aliphatic carbocycles. The van der Waals surface area contributed by atoms with E-state index in [1.54, 1.807) is 6.92 Å². The number of carbonyl (C=O) groups excluding carboxylic acids is 2. The Morgan fingerprint density at radius 2 is 2.35 bits per heavy atom. The van der Waals surface area contributed by atoms with E-state index in [0.717, 1.165) is 5.56 Å². The summed E-state index contributed by atoms with van der Waals surface area (Å²) >= 11 is 0. The molecular formula is C12H13NO4. The molecule has 0 aliphatic heterocycles. The maximum absolute atomic E-state index is 11.4. The van der Waals surface area contributed by atoms with Crippen LogP contribution in [0.15, 0.2) is 6.07 Å². The van der Waals surface area contributed by atoms with E-state index in [4.69, 9.17) is 0 Å². The van der Waals surface area contributed by atoms with Crippen molar-refractivity contribution >= 4 is 12.3 Å². The molecule has 0 spiro atoms. The number of ether oxygens (including phenoxy) is 1. The minimum atomic E-state index is -1.09. The average molecular weight is 235 g/mol. The zero-order valence-electron chi connectivity index (χ0n) is 9.69. The first-order valence-corrected chi connectivity index (χ1v) is 5.30. The second-order valence-corrected chi connectivity index (χ2v) is 4.31. The molecule has 0 saturated heterocycles. The SMILES string of the molecule is COC(=O)c1cc(C=O)c2c(n1)C(C)(O)CC2. The van der Waals surface area contributed by atoms with Crippen molar-refractivity contribution in [3.05, 3.63) is 28.6 Å². The standard InChI is InChI=1S/C12H13NO4/c1-12(16)4-3-8-7(6-14)5-9(11(15)17-2)13-10(8)12/h5-6,16H,3-4H2,1-2H3. The van der Waals surface area contributed by atoms with E-state index in [1.165, 1.54) is 13.2 Å². The van der Waals surface area contributed by atoms with Gasteiger partial charge in [0.15, 0.2) is 0 Å². The molecular weight excluding hydrogens is 222 g/mol. The number of nitrogens with zero attached hydrogens (tertiary/aromatic N) is 1. The van der Waals surface area contributed by atoms with Gasteiger partial charge < -0.3 is 9.84 Å². The molecule has 90 valence electrons. The van der Waals surface area contributed by atoms with Crippen LogP contribution in [0.2, 0.25) is 0 Å². The van der Waals surface area contributed by atoms with Gasteiger partial charge >= 0.3 is 5.97 Å². The lowest BCUT2D eigenvalue weighted by Crippen LogP contribution is -2.20. The number of methoxy groups -OCH3 is 1. The highest BCUT2D eigenvalue weighted by Gasteiger charge is 2.36. The Morgan fingerprint density at radius 1 is 1.65 bits per heavy atom. The minimum absolute atomic E-state index is 0.0514. The Hall–Kier alpha value is -1.75. The van der Waals surface area contributed by atoms with Gasteiger partial charge in [0.1, 0.15) is 17.6 Å². The van der Waals surface area contributed by atoms with E-state index in [1.807, 2.05) is 0 Å². The lowest BCUT2D eigenvalue weighted by atomic mass is 10.0. The molecule has 1 unspecified atom stereocenters. The van der Waals surface area contributed by atoms with Crippen LogP contribution in [-0.2, 0) is 16.8 Å². The quantitative estimate of drug-likeness (QED) is 0.607. The van der Waals surface area contributed by atoms with E-state index in [0.29, 0.717) is 30.4 Å². The smallest absolute Gasteiger partial charge is 0.356 e. The molecule has 0 fully saturated rings. The van der Waals surface area contributed by atoms with Crippen molar-refractivity contribution in [2.75, 3.05) is 7.11 Å². The van der Waals surface area contributed by atoms with Gasteiger partial charge in [0.25, 0.3) is 0 Å². The lowest BCUT2D eigenvalue weighted by Gasteiger charge is -2.17. The Bertz CT molecular complexity index is 494. The van der Waals surface area contributed by atoms with Crippen molar-refractivity contribution in [3.63, 3.8) is 0 Å². The first kappa shape index (κ1) is 11.7. The molecule has 0 saturated carbocycles. The zero-order chi connectivity index (χ0) is 12.6. The summed E-state index contributed by atoms with van der Waals surface area (Å²) in [7, 11) is 1.25. The van der Waals surface area contributed by atoms with Crippen LogP contribution >= 0.6 is 0 Å². The van der Waals surface area contributed by atoms with Crippen LogP contribution < -0.4 is 0 Å². The Labute approximate surface area is 98.4 Å². The summed E-state index contributed by atoms with van der Waals surface area (Å²) in [6.45, 7) is 1.63. The number of pyridine rings is 1. The molecule has 0 amide bonds. The summed E-state index contributed by atoms with van der Waals surface area (Å²) in [6, 6.07) is 1.40. The third-order valence-corrected chi connectivity index (χ3v) is 3.05. The number of hydrogen-bond donors (Lipinski definition) is 1. The highest BCUT2D eigenvalue weighted by molar-refractivity contribution is 5.90. The minimum Gasteiger partial charge on any atom is -0.464 e. The van der Waals surface area contributed by atoms with Crippen LogP contribution in [0.4, 0.5) is 0 Å². The van der Waals surface area contributed by atoms with Gasteiger partial charge in [-0.1, -0.05) is 0 Å². The summed E-state index contributed by atoms with van der Waals surface area (Å²) in [5, 5.41) is 10.1. The number of carbonyl (C=O) groups is 2. The van der Waals surface area contributed by atoms with E-state index in [2.05, 4.69) is 9.72 Å². The molecule has 1 aromatic heterocycles. The molecule has 1 aromatic rings. The normalized spacial score (nSPS) is 22.1. The van der Waals surface area contributed by atoms with Gasteiger partial charge in [-0.15, -0.1) is 0 Å². The number of aliphatic hydroxyl groups is 1. The Balaban J connectivity index is 2.63. The predicted molar refractivity (Wildman–Crippen MR) is 58.9 cm³/mol. The van der Waals surface area contributed by atoms with Gasteiger partial charge in [0.2, 0.25) is 0 Å². The first-order valence-electron chi connectivity index (χ1n) is 5.30. The topological polar surface area (TPSA) is 76.5 Å². The number of hydrogen-bond acceptors (Lipinski definition) is 5. The Kier molecular flexibility index (Phi) is 2.71. The molecule has 0 aromatic carbocycles. The molecule has 1 aliphatic rings. The van der Waals surface area contributed by atoms with Gasteiger partial charge in [0, 0.05) is 5.56 Å². The fourth-order valence-corrected chi connectivity index (χ4v) is 2.10. The molecule has 0 radical (unpaired) electrons. The maximum atomic E-state index is 11.4. The summed E-state index contributed by atoms with van der Waals surface area (Å²) in [5.41, 5.74) is 0.487. The van der Waals surface area contributed by atoms with Crippen molar-refractivity contribution in [2.45, 2.75) is 25.4 Å². The van der Waals surface area contributed by atoms with Crippen molar-refractivity contribution in [3.8, 4) is 0 Å². The fraction of sp³-hybridized carbons (Fsp3) is 0.417. The zero-order valence-corrected chi connectivity index (χ0v) is 9.69. The summed E-state index contributed by atoms with van der Waals surface area (Å²) < 4.78 is 4.56. The van der Waals surface area contributed by atoms with Crippen LogP contribution in [-0.4, -0.2) is 29.5 Å². The van der Waals surface area contributed by atoms with Crippen molar-refractivity contribution in [1.82, 2.24) is 4.98 Å². The Morgan fingerprint density at radius 3 is 2.94 bits per heavy atom. The van der Waals surface area contributed by atoms with Gasteiger partial charge in [-0.25, -0.2) is 9.78 Å². The van der Waals surface area contributed by atoms with Gasteiger partial charge in [0.05, 0.1) is 12.8 Å².